The minimum absolute atomic E-state index is 0.486. The van der Waals surface area contributed by atoms with E-state index in [2.05, 4.69) is 49.8 Å². The highest BCUT2D eigenvalue weighted by Crippen LogP contribution is 2.23. The Hall–Kier alpha value is -3.06. The lowest BCUT2D eigenvalue weighted by atomic mass is 10.1. The average molecular weight is 345 g/mol. The van der Waals surface area contributed by atoms with Gasteiger partial charge in [0, 0.05) is 0 Å². The third kappa shape index (κ3) is 3.94. The SMILES string of the molecule is Cc1cc2nc(C(C#N)=Cc3ccc(OCC(C)C)cc3)[nH]c2cc1C. The molecule has 0 radical (unpaired) electrons. The molecule has 0 amide bonds. The van der Waals surface area contributed by atoms with Crippen LogP contribution < -0.4 is 4.74 Å². The van der Waals surface area contributed by atoms with Gasteiger partial charge in [0.2, 0.25) is 0 Å². The highest BCUT2D eigenvalue weighted by molar-refractivity contribution is 5.90. The quantitative estimate of drug-likeness (QED) is 0.640. The van der Waals surface area contributed by atoms with Crippen LogP contribution in [0.1, 0.15) is 36.4 Å². The molecule has 2 aromatic carbocycles. The number of fused-ring (bicyclic) bond motifs is 1. The van der Waals surface area contributed by atoms with Gasteiger partial charge in [-0.15, -0.1) is 0 Å². The van der Waals surface area contributed by atoms with E-state index in [1.165, 1.54) is 11.1 Å². The Morgan fingerprint density at radius 2 is 1.88 bits per heavy atom. The van der Waals surface area contributed by atoms with Gasteiger partial charge in [0.25, 0.3) is 0 Å². The molecule has 1 N–H and O–H groups in total. The van der Waals surface area contributed by atoms with Crippen LogP contribution in [-0.2, 0) is 0 Å². The summed E-state index contributed by atoms with van der Waals surface area (Å²) in [5.74, 6) is 1.91. The van der Waals surface area contributed by atoms with Gasteiger partial charge in [-0.05, 0) is 66.8 Å². The Morgan fingerprint density at radius 3 is 2.54 bits per heavy atom. The number of imidazole rings is 1. The lowest BCUT2D eigenvalue weighted by molar-refractivity contribution is 0.271. The first-order valence-electron chi connectivity index (χ1n) is 8.78. The highest BCUT2D eigenvalue weighted by atomic mass is 16.5. The molecule has 0 saturated heterocycles. The predicted octanol–water partition coefficient (Wildman–Crippen LogP) is 5.28. The van der Waals surface area contributed by atoms with E-state index in [1.54, 1.807) is 0 Å². The first kappa shape index (κ1) is 17.8. The monoisotopic (exact) mass is 345 g/mol. The van der Waals surface area contributed by atoms with Gasteiger partial charge in [-0.1, -0.05) is 26.0 Å². The number of nitrogens with one attached hydrogen (secondary N) is 1. The zero-order chi connectivity index (χ0) is 18.7. The summed E-state index contributed by atoms with van der Waals surface area (Å²) in [7, 11) is 0. The third-order valence-corrected chi connectivity index (χ3v) is 4.25. The fourth-order valence-electron chi connectivity index (χ4n) is 2.64. The van der Waals surface area contributed by atoms with Gasteiger partial charge in [-0.25, -0.2) is 4.98 Å². The number of H-pyrrole nitrogens is 1. The summed E-state index contributed by atoms with van der Waals surface area (Å²) in [6.07, 6.45) is 1.84. The standard InChI is InChI=1S/C22H23N3O/c1-14(2)13-26-19-7-5-17(6-8-19)11-18(12-23)22-24-20-9-15(3)16(4)10-21(20)25-22/h5-11,14H,13H2,1-4H3,(H,24,25). The van der Waals surface area contributed by atoms with Crippen LogP contribution in [0.5, 0.6) is 5.75 Å². The Balaban J connectivity index is 1.87. The van der Waals surface area contributed by atoms with Gasteiger partial charge in [-0.3, -0.25) is 0 Å². The average Bonchev–Trinajstić information content (AvgIpc) is 3.01. The van der Waals surface area contributed by atoms with E-state index in [9.17, 15) is 5.26 Å². The van der Waals surface area contributed by atoms with Crippen molar-refractivity contribution in [1.29, 1.82) is 5.26 Å². The van der Waals surface area contributed by atoms with Crippen molar-refractivity contribution in [2.75, 3.05) is 6.61 Å². The molecular weight excluding hydrogens is 322 g/mol. The Morgan fingerprint density at radius 1 is 1.19 bits per heavy atom. The zero-order valence-electron chi connectivity index (χ0n) is 15.6. The Labute approximate surface area is 154 Å². The summed E-state index contributed by atoms with van der Waals surface area (Å²) < 4.78 is 5.70. The second-order valence-corrected chi connectivity index (χ2v) is 6.98. The molecule has 3 aromatic rings. The number of hydrogen-bond acceptors (Lipinski definition) is 3. The number of ether oxygens (including phenoxy) is 1. The molecule has 3 rings (SSSR count). The van der Waals surface area contributed by atoms with E-state index in [-0.39, 0.29) is 0 Å². The Kier molecular flexibility index (Phi) is 5.09. The minimum atomic E-state index is 0.486. The van der Waals surface area contributed by atoms with Crippen molar-refractivity contribution in [3.63, 3.8) is 0 Å². The molecule has 1 aromatic heterocycles. The van der Waals surface area contributed by atoms with Crippen LogP contribution in [0.3, 0.4) is 0 Å². The van der Waals surface area contributed by atoms with Crippen LogP contribution in [0.2, 0.25) is 0 Å². The number of hydrogen-bond donors (Lipinski definition) is 1. The number of rotatable bonds is 5. The number of nitrogens with zero attached hydrogens (tertiary/aromatic N) is 2. The fourth-order valence-corrected chi connectivity index (χ4v) is 2.64. The van der Waals surface area contributed by atoms with Gasteiger partial charge in [0.1, 0.15) is 17.6 Å². The van der Waals surface area contributed by atoms with Crippen LogP contribution in [-0.4, -0.2) is 16.6 Å². The normalized spacial score (nSPS) is 11.8. The lowest BCUT2D eigenvalue weighted by Crippen LogP contribution is -2.04. The summed E-state index contributed by atoms with van der Waals surface area (Å²) in [4.78, 5) is 7.83. The lowest BCUT2D eigenvalue weighted by Gasteiger charge is -2.08. The number of aromatic amines is 1. The molecule has 0 aliphatic carbocycles. The second kappa shape index (κ2) is 7.45. The maximum atomic E-state index is 9.57. The topological polar surface area (TPSA) is 61.7 Å². The van der Waals surface area contributed by atoms with Gasteiger partial charge >= 0.3 is 0 Å². The van der Waals surface area contributed by atoms with E-state index in [4.69, 9.17) is 4.74 Å². The van der Waals surface area contributed by atoms with Crippen molar-refractivity contribution in [3.05, 3.63) is 58.9 Å². The minimum Gasteiger partial charge on any atom is -0.493 e. The number of aromatic nitrogens is 2. The van der Waals surface area contributed by atoms with Crippen molar-refractivity contribution in [2.45, 2.75) is 27.7 Å². The van der Waals surface area contributed by atoms with E-state index in [1.807, 2.05) is 36.4 Å². The Bertz CT molecular complexity index is 950. The predicted molar refractivity (Wildman–Crippen MR) is 106 cm³/mol. The molecule has 0 aliphatic rings. The molecule has 0 unspecified atom stereocenters. The number of nitriles is 1. The zero-order valence-corrected chi connectivity index (χ0v) is 15.6. The van der Waals surface area contributed by atoms with Crippen LogP contribution in [0.25, 0.3) is 22.7 Å². The van der Waals surface area contributed by atoms with Crippen LogP contribution in [0, 0.1) is 31.1 Å². The summed E-state index contributed by atoms with van der Waals surface area (Å²) in [6.45, 7) is 9.06. The van der Waals surface area contributed by atoms with Gasteiger partial charge in [-0.2, -0.15) is 5.26 Å². The summed E-state index contributed by atoms with van der Waals surface area (Å²) in [5, 5.41) is 9.57. The van der Waals surface area contributed by atoms with Crippen molar-refractivity contribution >= 4 is 22.7 Å². The van der Waals surface area contributed by atoms with Crippen LogP contribution in [0.15, 0.2) is 36.4 Å². The molecule has 1 heterocycles. The van der Waals surface area contributed by atoms with Gasteiger partial charge in [0.05, 0.1) is 23.2 Å². The van der Waals surface area contributed by atoms with Crippen molar-refractivity contribution < 1.29 is 4.74 Å². The summed E-state index contributed by atoms with van der Waals surface area (Å²) in [5.41, 5.74) is 5.66. The largest absolute Gasteiger partial charge is 0.493 e. The fraction of sp³-hybridized carbons (Fsp3) is 0.273. The van der Waals surface area contributed by atoms with E-state index in [0.29, 0.717) is 23.9 Å². The molecular formula is C22H23N3O. The third-order valence-electron chi connectivity index (χ3n) is 4.25. The first-order valence-corrected chi connectivity index (χ1v) is 8.78. The molecule has 0 aliphatic heterocycles. The van der Waals surface area contributed by atoms with Crippen molar-refractivity contribution in [2.24, 2.45) is 5.92 Å². The molecule has 0 saturated carbocycles. The molecule has 0 bridgehead atoms. The second-order valence-electron chi connectivity index (χ2n) is 6.98. The molecule has 132 valence electrons. The molecule has 0 spiro atoms. The molecule has 26 heavy (non-hydrogen) atoms. The van der Waals surface area contributed by atoms with Gasteiger partial charge in [0.15, 0.2) is 0 Å². The maximum absolute atomic E-state index is 9.57. The first-order chi connectivity index (χ1) is 12.5. The summed E-state index contributed by atoms with van der Waals surface area (Å²) in [6, 6.07) is 14.1. The summed E-state index contributed by atoms with van der Waals surface area (Å²) >= 11 is 0. The van der Waals surface area contributed by atoms with Crippen molar-refractivity contribution in [1.82, 2.24) is 9.97 Å². The highest BCUT2D eigenvalue weighted by Gasteiger charge is 2.09. The van der Waals surface area contributed by atoms with E-state index in [0.717, 1.165) is 22.3 Å². The molecule has 0 fully saturated rings. The molecule has 4 nitrogen and oxygen atoms in total. The molecule has 0 atom stereocenters. The maximum Gasteiger partial charge on any atom is 0.149 e. The number of aryl methyl sites for hydroxylation is 2. The van der Waals surface area contributed by atoms with E-state index >= 15 is 0 Å². The molecule has 4 heteroatoms. The smallest absolute Gasteiger partial charge is 0.149 e. The van der Waals surface area contributed by atoms with Crippen LogP contribution in [0.4, 0.5) is 0 Å². The van der Waals surface area contributed by atoms with E-state index < -0.39 is 0 Å². The van der Waals surface area contributed by atoms with Crippen molar-refractivity contribution in [3.8, 4) is 11.8 Å². The van der Waals surface area contributed by atoms with Crippen LogP contribution >= 0.6 is 0 Å². The number of allylic oxidation sites excluding steroid dienone is 1. The van der Waals surface area contributed by atoms with Gasteiger partial charge < -0.3 is 9.72 Å². The number of benzene rings is 2.